The summed E-state index contributed by atoms with van der Waals surface area (Å²) < 4.78 is 0. The highest BCUT2D eigenvalue weighted by atomic mass is 32.2. The van der Waals surface area contributed by atoms with Crippen molar-refractivity contribution in [2.24, 2.45) is 17.3 Å². The van der Waals surface area contributed by atoms with Gasteiger partial charge < -0.3 is 5.32 Å². The van der Waals surface area contributed by atoms with Gasteiger partial charge in [0, 0.05) is 12.6 Å². The Morgan fingerprint density at radius 3 is 2.72 bits per heavy atom. The van der Waals surface area contributed by atoms with Crippen LogP contribution in [0.3, 0.4) is 0 Å². The third kappa shape index (κ3) is 2.90. The van der Waals surface area contributed by atoms with Gasteiger partial charge in [-0.05, 0) is 73.7 Å². The van der Waals surface area contributed by atoms with E-state index < -0.39 is 0 Å². The average Bonchev–Trinajstić information content (AvgIpc) is 3.01. The maximum atomic E-state index is 3.86. The molecule has 0 aromatic heterocycles. The fourth-order valence-corrected chi connectivity index (χ4v) is 5.11. The van der Waals surface area contributed by atoms with E-state index in [4.69, 9.17) is 0 Å². The minimum absolute atomic E-state index is 0.708. The van der Waals surface area contributed by atoms with Crippen LogP contribution in [0, 0.1) is 17.3 Å². The summed E-state index contributed by atoms with van der Waals surface area (Å²) in [5.41, 5.74) is 0.708. The van der Waals surface area contributed by atoms with Crippen LogP contribution in [0.5, 0.6) is 0 Å². The van der Waals surface area contributed by atoms with Gasteiger partial charge in [0.05, 0.1) is 0 Å². The van der Waals surface area contributed by atoms with Crippen LogP contribution in [0.2, 0.25) is 0 Å². The first kappa shape index (κ1) is 13.3. The number of fused-ring (bicyclic) bond motifs is 2. The highest BCUT2D eigenvalue weighted by molar-refractivity contribution is 7.99. The molecule has 0 aliphatic heterocycles. The van der Waals surface area contributed by atoms with E-state index in [0.717, 1.165) is 17.9 Å². The molecule has 1 N–H and O–H groups in total. The summed E-state index contributed by atoms with van der Waals surface area (Å²) in [4.78, 5) is 0. The van der Waals surface area contributed by atoms with Crippen LogP contribution >= 0.6 is 11.8 Å². The van der Waals surface area contributed by atoms with E-state index in [0.29, 0.717) is 5.41 Å². The van der Waals surface area contributed by atoms with Gasteiger partial charge in [-0.25, -0.2) is 0 Å². The van der Waals surface area contributed by atoms with Crippen LogP contribution < -0.4 is 5.32 Å². The lowest BCUT2D eigenvalue weighted by Crippen LogP contribution is -2.39. The van der Waals surface area contributed by atoms with Crippen molar-refractivity contribution >= 4 is 11.8 Å². The molecule has 0 spiro atoms. The maximum Gasteiger partial charge on any atom is 0.00684 e. The molecule has 3 atom stereocenters. The predicted octanol–water partition coefficient (Wildman–Crippen LogP) is 4.08. The number of nitrogens with one attached hydrogen (secondary N) is 1. The van der Waals surface area contributed by atoms with Gasteiger partial charge in [-0.15, -0.1) is 0 Å². The van der Waals surface area contributed by atoms with Crippen molar-refractivity contribution in [3.05, 3.63) is 0 Å². The van der Waals surface area contributed by atoms with Crippen LogP contribution in [-0.2, 0) is 0 Å². The molecule has 104 valence electrons. The summed E-state index contributed by atoms with van der Waals surface area (Å²) in [6.07, 6.45) is 12.0. The second kappa shape index (κ2) is 5.75. The summed E-state index contributed by atoms with van der Waals surface area (Å²) in [6, 6.07) is 0.894. The van der Waals surface area contributed by atoms with E-state index in [2.05, 4.69) is 24.0 Å². The van der Waals surface area contributed by atoms with Crippen molar-refractivity contribution in [3.63, 3.8) is 0 Å². The van der Waals surface area contributed by atoms with Gasteiger partial charge in [-0.2, -0.15) is 11.8 Å². The molecule has 0 amide bonds. The van der Waals surface area contributed by atoms with Crippen molar-refractivity contribution in [2.75, 3.05) is 18.1 Å². The smallest absolute Gasteiger partial charge is 0.00684 e. The SMILES string of the molecule is CCSCCCC1(CNC2CC2)CC2CCC1C2. The van der Waals surface area contributed by atoms with Crippen LogP contribution in [-0.4, -0.2) is 24.1 Å². The molecule has 2 bridgehead atoms. The fourth-order valence-electron chi connectivity index (χ4n) is 4.47. The third-order valence-corrected chi connectivity index (χ3v) is 6.58. The van der Waals surface area contributed by atoms with Gasteiger partial charge in [-0.3, -0.25) is 0 Å². The van der Waals surface area contributed by atoms with Crippen LogP contribution in [0.15, 0.2) is 0 Å². The molecule has 3 rings (SSSR count). The Hall–Kier alpha value is 0.310. The molecule has 3 unspecified atom stereocenters. The van der Waals surface area contributed by atoms with Crippen molar-refractivity contribution in [1.29, 1.82) is 0 Å². The molecular weight excluding hydrogens is 238 g/mol. The van der Waals surface area contributed by atoms with E-state index in [9.17, 15) is 0 Å². The Morgan fingerprint density at radius 2 is 2.11 bits per heavy atom. The Kier molecular flexibility index (Phi) is 4.25. The fraction of sp³-hybridized carbons (Fsp3) is 1.00. The summed E-state index contributed by atoms with van der Waals surface area (Å²) >= 11 is 2.13. The van der Waals surface area contributed by atoms with Gasteiger partial charge in [0.1, 0.15) is 0 Å². The summed E-state index contributed by atoms with van der Waals surface area (Å²) in [6.45, 7) is 3.63. The maximum absolute atomic E-state index is 3.86. The molecule has 0 aromatic rings. The number of thioether (sulfide) groups is 1. The minimum Gasteiger partial charge on any atom is -0.313 e. The van der Waals surface area contributed by atoms with E-state index in [1.807, 2.05) is 0 Å². The van der Waals surface area contributed by atoms with Gasteiger partial charge in [0.15, 0.2) is 0 Å². The molecule has 3 saturated carbocycles. The zero-order valence-corrected chi connectivity index (χ0v) is 12.7. The molecular formula is C16H29NS. The topological polar surface area (TPSA) is 12.0 Å². The van der Waals surface area contributed by atoms with E-state index in [1.54, 1.807) is 19.3 Å². The van der Waals surface area contributed by atoms with E-state index >= 15 is 0 Å². The number of hydrogen-bond acceptors (Lipinski definition) is 2. The number of hydrogen-bond donors (Lipinski definition) is 1. The Labute approximate surface area is 117 Å². The highest BCUT2D eigenvalue weighted by Crippen LogP contribution is 2.58. The first-order valence-electron chi connectivity index (χ1n) is 8.13. The lowest BCUT2D eigenvalue weighted by atomic mass is 9.70. The highest BCUT2D eigenvalue weighted by Gasteiger charge is 2.50. The third-order valence-electron chi connectivity index (χ3n) is 5.59. The second-order valence-electron chi connectivity index (χ2n) is 6.90. The molecule has 3 aliphatic rings. The molecule has 0 radical (unpaired) electrons. The van der Waals surface area contributed by atoms with Gasteiger partial charge in [-0.1, -0.05) is 13.3 Å². The largest absolute Gasteiger partial charge is 0.313 e. The normalized spacial score (nSPS) is 38.5. The van der Waals surface area contributed by atoms with Crippen LogP contribution in [0.25, 0.3) is 0 Å². The van der Waals surface area contributed by atoms with E-state index in [1.165, 1.54) is 50.2 Å². The lowest BCUT2D eigenvalue weighted by molar-refractivity contribution is 0.141. The Morgan fingerprint density at radius 1 is 1.22 bits per heavy atom. The molecule has 0 heterocycles. The summed E-state index contributed by atoms with van der Waals surface area (Å²) in [7, 11) is 0. The molecule has 0 saturated heterocycles. The van der Waals surface area contributed by atoms with Crippen LogP contribution in [0.1, 0.15) is 58.3 Å². The van der Waals surface area contributed by atoms with Gasteiger partial charge in [0.2, 0.25) is 0 Å². The summed E-state index contributed by atoms with van der Waals surface area (Å²) in [5.74, 6) is 4.84. The zero-order valence-electron chi connectivity index (χ0n) is 11.9. The standard InChI is InChI=1S/C16H29NS/c1-2-18-9-3-8-16(12-17-15-6-7-15)11-13-4-5-14(16)10-13/h13-15,17H,2-12H2,1H3. The number of rotatable bonds is 8. The quantitative estimate of drug-likeness (QED) is 0.665. The predicted molar refractivity (Wildman–Crippen MR) is 81.1 cm³/mol. The van der Waals surface area contributed by atoms with Crippen molar-refractivity contribution in [2.45, 2.75) is 64.3 Å². The molecule has 3 aliphatic carbocycles. The van der Waals surface area contributed by atoms with Crippen molar-refractivity contribution in [3.8, 4) is 0 Å². The average molecular weight is 267 g/mol. The zero-order chi connectivity index (χ0) is 12.4. The van der Waals surface area contributed by atoms with Crippen molar-refractivity contribution in [1.82, 2.24) is 5.32 Å². The van der Waals surface area contributed by atoms with Crippen LogP contribution in [0.4, 0.5) is 0 Å². The molecule has 1 nitrogen and oxygen atoms in total. The Balaban J connectivity index is 1.53. The monoisotopic (exact) mass is 267 g/mol. The second-order valence-corrected chi connectivity index (χ2v) is 8.29. The first-order valence-corrected chi connectivity index (χ1v) is 9.29. The molecule has 0 aromatic carbocycles. The summed E-state index contributed by atoms with van der Waals surface area (Å²) in [5, 5.41) is 3.86. The van der Waals surface area contributed by atoms with E-state index in [-0.39, 0.29) is 0 Å². The molecule has 3 fully saturated rings. The Bertz CT molecular complexity index is 276. The molecule has 18 heavy (non-hydrogen) atoms. The van der Waals surface area contributed by atoms with Crippen molar-refractivity contribution < 1.29 is 0 Å². The van der Waals surface area contributed by atoms with Gasteiger partial charge in [0.25, 0.3) is 0 Å². The van der Waals surface area contributed by atoms with Gasteiger partial charge >= 0.3 is 0 Å². The first-order chi connectivity index (χ1) is 8.82. The lowest BCUT2D eigenvalue weighted by Gasteiger charge is -2.38. The minimum atomic E-state index is 0.708. The molecule has 2 heteroatoms.